The van der Waals surface area contributed by atoms with E-state index in [2.05, 4.69) is 16.0 Å². The summed E-state index contributed by atoms with van der Waals surface area (Å²) in [5.41, 5.74) is 0. The summed E-state index contributed by atoms with van der Waals surface area (Å²) in [6, 6.07) is 1.90. The topological polar surface area (TPSA) is 42.3 Å². The second-order valence-corrected chi connectivity index (χ2v) is 12.7. The molecule has 0 heterocycles. The van der Waals surface area contributed by atoms with Gasteiger partial charge in [-0.05, 0) is 0 Å². The van der Waals surface area contributed by atoms with Gasteiger partial charge < -0.3 is 16.0 Å². The van der Waals surface area contributed by atoms with E-state index in [1.807, 2.05) is 0 Å². The second-order valence-electron chi connectivity index (χ2n) is 4.76. The quantitative estimate of drug-likeness (QED) is 0.254. The molecule has 0 radical (unpaired) electrons. The summed E-state index contributed by atoms with van der Waals surface area (Å²) in [7, 11) is 10.5. The molecule has 14 heteroatoms. The van der Waals surface area contributed by atoms with E-state index in [0.29, 0.717) is 0 Å². The first-order valence-electron chi connectivity index (χ1n) is 6.96. The third-order valence-electron chi connectivity index (χ3n) is 2.37. The van der Waals surface area contributed by atoms with Crippen LogP contribution in [0, 0.1) is 0 Å². The zero-order chi connectivity index (χ0) is 22.5. The molecule has 1 rings (SSSR count). The van der Waals surface area contributed by atoms with E-state index in [-0.39, 0.29) is 38.3 Å². The van der Waals surface area contributed by atoms with Crippen molar-refractivity contribution < 1.29 is 65.7 Å². The molecule has 0 aliphatic rings. The van der Waals surface area contributed by atoms with Gasteiger partial charge in [0.05, 0.1) is 0 Å². The zero-order valence-electron chi connectivity index (χ0n) is 16.1. The van der Waals surface area contributed by atoms with Crippen LogP contribution in [-0.2, 0) is 26.2 Å². The smallest absolute Gasteiger partial charge is 4.00 e. The molecule has 0 aliphatic carbocycles. The summed E-state index contributed by atoms with van der Waals surface area (Å²) >= 11 is -8.38. The van der Waals surface area contributed by atoms with Gasteiger partial charge in [0.15, 0.2) is 0 Å². The zero-order valence-corrected chi connectivity index (χ0v) is 20.6. The van der Waals surface area contributed by atoms with Crippen molar-refractivity contribution in [3.05, 3.63) is 40.2 Å². The van der Waals surface area contributed by atoms with Crippen LogP contribution in [0.1, 0.15) is 0 Å². The molecule has 0 aromatic heterocycles. The molecular formula is C14H22F9GeN3Zr. The Hall–Kier alpha value is 0.0260. The van der Waals surface area contributed by atoms with Crippen molar-refractivity contribution in [3.63, 3.8) is 0 Å². The molecule has 164 valence electrons. The van der Waals surface area contributed by atoms with Gasteiger partial charge in [-0.3, -0.25) is 0 Å². The monoisotopic (exact) mass is 567 g/mol. The summed E-state index contributed by atoms with van der Waals surface area (Å²) in [6.07, 6.45) is 0. The summed E-state index contributed by atoms with van der Waals surface area (Å²) in [5.74, 6) is 0. The molecule has 3 nitrogen and oxygen atoms in total. The Morgan fingerprint density at radius 3 is 0.893 bits per heavy atom. The van der Waals surface area contributed by atoms with Crippen LogP contribution in [-0.4, -0.2) is 70.6 Å². The van der Waals surface area contributed by atoms with Crippen LogP contribution >= 0.6 is 0 Å². The molecule has 0 fully saturated rings. The maximum absolute atomic E-state index is 12.6. The maximum atomic E-state index is 12.6. The molecule has 0 spiro atoms. The average molecular weight is 567 g/mol. The Balaban J connectivity index is -0.000000245. The molecule has 0 bridgehead atoms. The Morgan fingerprint density at radius 2 is 0.750 bits per heavy atom. The Morgan fingerprint density at radius 1 is 0.571 bits per heavy atom. The Labute approximate surface area is 180 Å². The van der Waals surface area contributed by atoms with Gasteiger partial charge in [0.25, 0.3) is 0 Å². The minimum absolute atomic E-state index is 0. The third kappa shape index (κ3) is 10.2. The van der Waals surface area contributed by atoms with E-state index in [1.165, 1.54) is 0 Å². The first-order chi connectivity index (χ1) is 12.1. The normalized spacial score (nSPS) is 11.5. The molecular weight excluding hydrogens is 545 g/mol. The number of hydrogen-bond acceptors (Lipinski definition) is 0. The molecule has 0 N–H and O–H groups in total. The second kappa shape index (κ2) is 15.8. The number of nitrogens with zero attached hydrogens (tertiary/aromatic N) is 3. The summed E-state index contributed by atoms with van der Waals surface area (Å²) < 4.78 is 111. The van der Waals surface area contributed by atoms with Crippen molar-refractivity contribution in [2.24, 2.45) is 0 Å². The van der Waals surface area contributed by atoms with Gasteiger partial charge >= 0.3 is 123 Å². The minimum atomic E-state index is -8.38. The fourth-order valence-corrected chi connectivity index (χ4v) is 7.13. The molecule has 28 heavy (non-hydrogen) atoms. The molecule has 0 amide bonds. The van der Waals surface area contributed by atoms with Crippen LogP contribution in [0.25, 0.3) is 16.0 Å². The Kier molecular flexibility index (Phi) is 20.0. The van der Waals surface area contributed by atoms with Gasteiger partial charge in [0, 0.05) is 0 Å². The number of halogens is 9. The molecule has 0 atom stereocenters. The maximum Gasteiger partial charge on any atom is 4.00 e. The summed E-state index contributed by atoms with van der Waals surface area (Å²) in [5, 5.41) is -8.57. The number of hydrogen-bond donors (Lipinski definition) is 0. The summed E-state index contributed by atoms with van der Waals surface area (Å²) in [4.78, 5) is 0. The average Bonchev–Trinajstić information content (AvgIpc) is 2.90. The largest absolute Gasteiger partial charge is 4.00 e. The van der Waals surface area contributed by atoms with Gasteiger partial charge in [0.2, 0.25) is 0 Å². The van der Waals surface area contributed by atoms with Crippen molar-refractivity contribution in [1.29, 1.82) is 0 Å². The standard InChI is InChI=1S/C8H4F9Ge.3C2H6N.Zr/c9-6(10,11)18(7(12,13)14,8(15,16)17)5-3-1-2-4-5;3*1-3-2;/h1-4H;3*1-2H3;/q4*-1;+4. The van der Waals surface area contributed by atoms with Crippen LogP contribution in [0.2, 0.25) is 0 Å². The van der Waals surface area contributed by atoms with Gasteiger partial charge in [0.1, 0.15) is 0 Å². The van der Waals surface area contributed by atoms with E-state index >= 15 is 0 Å². The van der Waals surface area contributed by atoms with E-state index < -0.39 is 32.7 Å². The predicted molar refractivity (Wildman–Crippen MR) is 91.2 cm³/mol. The van der Waals surface area contributed by atoms with Crippen LogP contribution in [0.5, 0.6) is 0 Å². The van der Waals surface area contributed by atoms with Crippen molar-refractivity contribution in [2.45, 2.75) is 15.0 Å². The molecule has 0 saturated carbocycles. The van der Waals surface area contributed by atoms with Gasteiger partial charge in [-0.2, -0.15) is 42.3 Å². The van der Waals surface area contributed by atoms with Crippen molar-refractivity contribution in [3.8, 4) is 0 Å². The first kappa shape index (κ1) is 35.5. The molecule has 0 saturated heterocycles. The van der Waals surface area contributed by atoms with Gasteiger partial charge in [-0.1, -0.05) is 0 Å². The van der Waals surface area contributed by atoms with Crippen LogP contribution in [0.15, 0.2) is 24.3 Å². The predicted octanol–water partition coefficient (Wildman–Crippen LogP) is 5.22. The van der Waals surface area contributed by atoms with E-state index in [9.17, 15) is 39.5 Å². The molecule has 0 aliphatic heterocycles. The fraction of sp³-hybridized carbons (Fsp3) is 0.643. The number of rotatable bonds is 1. The third-order valence-corrected chi connectivity index (χ3v) is 10.2. The molecule has 0 unspecified atom stereocenters. The van der Waals surface area contributed by atoms with Crippen molar-refractivity contribution >= 4 is 17.7 Å². The molecule has 1 aromatic carbocycles. The first-order valence-corrected chi connectivity index (χ1v) is 11.2. The SMILES string of the molecule is C[N-]C.C[N-]C.C[N-]C.F[C](F)(F)[Ge]([c-]1cccc1)([C](F)(F)F)[C](F)(F)F.[Zr+4]. The summed E-state index contributed by atoms with van der Waals surface area (Å²) in [6.45, 7) is 0. The van der Waals surface area contributed by atoms with E-state index in [4.69, 9.17) is 0 Å². The number of alkyl halides is 9. The van der Waals surface area contributed by atoms with Gasteiger partial charge in [-0.25, -0.2) is 0 Å². The van der Waals surface area contributed by atoms with Crippen LogP contribution < -0.4 is 4.40 Å². The van der Waals surface area contributed by atoms with Crippen LogP contribution in [0.4, 0.5) is 39.5 Å². The minimum Gasteiger partial charge on any atom is 4.00 e. The van der Waals surface area contributed by atoms with Crippen LogP contribution in [0.3, 0.4) is 0 Å². The van der Waals surface area contributed by atoms with E-state index in [0.717, 1.165) is 12.1 Å². The Bertz CT molecular complexity index is 419. The van der Waals surface area contributed by atoms with Crippen molar-refractivity contribution in [2.75, 3.05) is 42.3 Å². The molecule has 1 aromatic rings. The fourth-order valence-electron chi connectivity index (χ4n) is 1.60. The van der Waals surface area contributed by atoms with E-state index in [1.54, 1.807) is 42.3 Å². The van der Waals surface area contributed by atoms with Crippen molar-refractivity contribution in [1.82, 2.24) is 0 Å². The van der Waals surface area contributed by atoms with Gasteiger partial charge in [-0.15, -0.1) is 0 Å².